The molecule has 1 heterocycles. The van der Waals surface area contributed by atoms with Gasteiger partial charge >= 0.3 is 5.97 Å². The van der Waals surface area contributed by atoms with E-state index in [1.54, 1.807) is 6.07 Å². The maximum Gasteiger partial charge on any atom is 0.338 e. The van der Waals surface area contributed by atoms with Gasteiger partial charge in [0.25, 0.3) is 0 Å². The first-order valence-corrected chi connectivity index (χ1v) is 12.8. The van der Waals surface area contributed by atoms with Crippen molar-refractivity contribution in [1.82, 2.24) is 4.57 Å². The number of para-hydroxylation sites is 2. The number of rotatable bonds is 6. The summed E-state index contributed by atoms with van der Waals surface area (Å²) in [6.07, 6.45) is 1.10. The van der Waals surface area contributed by atoms with Crippen LogP contribution in [-0.2, 0) is 17.7 Å². The summed E-state index contributed by atoms with van der Waals surface area (Å²) in [6, 6.07) is 33.4. The normalized spacial score (nSPS) is 14.8. The van der Waals surface area contributed by atoms with E-state index in [0.29, 0.717) is 35.9 Å². The molecule has 0 N–H and O–H groups in total. The lowest BCUT2D eigenvalue weighted by Crippen LogP contribution is -2.21. The molecule has 0 fully saturated rings. The quantitative estimate of drug-likeness (QED) is 0.231. The number of fused-ring (bicyclic) bond motifs is 3. The second-order valence-electron chi connectivity index (χ2n) is 9.56. The molecule has 5 heteroatoms. The summed E-state index contributed by atoms with van der Waals surface area (Å²) in [5.74, 6) is 1.18. The summed E-state index contributed by atoms with van der Waals surface area (Å²) < 4.78 is 13.5. The maximum atomic E-state index is 13.7. The van der Waals surface area contributed by atoms with Gasteiger partial charge in [0.2, 0.25) is 0 Å². The van der Waals surface area contributed by atoms with Crippen molar-refractivity contribution in [3.05, 3.63) is 131 Å². The Morgan fingerprint density at radius 3 is 2.32 bits per heavy atom. The number of benzene rings is 4. The number of carbonyl (C=O) groups excluding carboxylic acids is 2. The molecule has 0 amide bonds. The molecule has 0 bridgehead atoms. The Bertz CT molecular complexity index is 1640. The fourth-order valence-corrected chi connectivity index (χ4v) is 5.54. The number of carbonyl (C=O) groups is 2. The van der Waals surface area contributed by atoms with Crippen LogP contribution in [0.5, 0.6) is 11.5 Å². The van der Waals surface area contributed by atoms with Crippen molar-refractivity contribution in [2.75, 3.05) is 7.11 Å². The van der Waals surface area contributed by atoms with Gasteiger partial charge in [0, 0.05) is 28.6 Å². The third-order valence-corrected chi connectivity index (χ3v) is 7.30. The van der Waals surface area contributed by atoms with Crippen molar-refractivity contribution in [3.8, 4) is 11.5 Å². The standard InChI is InChI=1S/C33H27NO4/c1-37-33(36)26-16-10-17-27-31(26)32-28(19-24(20-29(32)35)22-11-4-2-5-12-22)34(27)21-23-13-8-9-18-30(23)38-25-14-6-3-7-15-25/h2-18,24H,19-21H2,1H3. The second-order valence-corrected chi connectivity index (χ2v) is 9.56. The molecule has 0 aliphatic heterocycles. The first kappa shape index (κ1) is 23.7. The van der Waals surface area contributed by atoms with Crippen LogP contribution in [0.2, 0.25) is 0 Å². The van der Waals surface area contributed by atoms with Crippen LogP contribution < -0.4 is 4.74 Å². The minimum atomic E-state index is -0.443. The molecule has 1 unspecified atom stereocenters. The molecule has 5 aromatic rings. The Hall–Kier alpha value is -4.64. The van der Waals surface area contributed by atoms with Crippen molar-refractivity contribution >= 4 is 22.7 Å². The van der Waals surface area contributed by atoms with E-state index in [1.165, 1.54) is 7.11 Å². The minimum absolute atomic E-state index is 0.0500. The van der Waals surface area contributed by atoms with Crippen molar-refractivity contribution < 1.29 is 19.1 Å². The van der Waals surface area contributed by atoms with E-state index < -0.39 is 5.97 Å². The van der Waals surface area contributed by atoms with Gasteiger partial charge in [-0.2, -0.15) is 0 Å². The molecule has 188 valence electrons. The van der Waals surface area contributed by atoms with E-state index in [9.17, 15) is 9.59 Å². The smallest absolute Gasteiger partial charge is 0.338 e. The van der Waals surface area contributed by atoms with Crippen LogP contribution >= 0.6 is 0 Å². The zero-order valence-corrected chi connectivity index (χ0v) is 21.1. The molecule has 38 heavy (non-hydrogen) atoms. The van der Waals surface area contributed by atoms with Crippen molar-refractivity contribution in [1.29, 1.82) is 0 Å². The number of esters is 1. The van der Waals surface area contributed by atoms with Crippen LogP contribution in [-0.4, -0.2) is 23.4 Å². The van der Waals surface area contributed by atoms with Gasteiger partial charge in [-0.15, -0.1) is 0 Å². The lowest BCUT2D eigenvalue weighted by atomic mass is 9.81. The summed E-state index contributed by atoms with van der Waals surface area (Å²) in [6.45, 7) is 0.494. The van der Waals surface area contributed by atoms with Gasteiger partial charge in [0.15, 0.2) is 5.78 Å². The number of hydrogen-bond acceptors (Lipinski definition) is 4. The predicted octanol–water partition coefficient (Wildman–Crippen LogP) is 7.18. The molecule has 1 aliphatic carbocycles. The molecule has 6 rings (SSSR count). The molecule has 4 aromatic carbocycles. The van der Waals surface area contributed by atoms with E-state index >= 15 is 0 Å². The van der Waals surface area contributed by atoms with Gasteiger partial charge in [0.1, 0.15) is 11.5 Å². The number of hydrogen-bond donors (Lipinski definition) is 0. The summed E-state index contributed by atoms with van der Waals surface area (Å²) in [5.41, 5.74) is 4.96. The topological polar surface area (TPSA) is 57.5 Å². The van der Waals surface area contributed by atoms with Crippen molar-refractivity contribution in [3.63, 3.8) is 0 Å². The highest BCUT2D eigenvalue weighted by Crippen LogP contribution is 2.40. The Morgan fingerprint density at radius 2 is 1.55 bits per heavy atom. The average Bonchev–Trinajstić information content (AvgIpc) is 3.28. The van der Waals surface area contributed by atoms with Gasteiger partial charge in [-0.25, -0.2) is 4.79 Å². The SMILES string of the molecule is COC(=O)c1cccc2c1c1c(n2Cc2ccccc2Oc2ccccc2)CC(c2ccccc2)CC1=O. The summed E-state index contributed by atoms with van der Waals surface area (Å²) >= 11 is 0. The van der Waals surface area contributed by atoms with E-state index in [-0.39, 0.29) is 11.7 Å². The third kappa shape index (κ3) is 4.26. The van der Waals surface area contributed by atoms with E-state index in [4.69, 9.17) is 9.47 Å². The molecular formula is C33H27NO4. The molecule has 1 aromatic heterocycles. The van der Waals surface area contributed by atoms with E-state index in [2.05, 4.69) is 16.7 Å². The molecule has 5 nitrogen and oxygen atoms in total. The van der Waals surface area contributed by atoms with Gasteiger partial charge in [0.05, 0.1) is 24.7 Å². The summed E-state index contributed by atoms with van der Waals surface area (Å²) in [5, 5.41) is 0.673. The maximum absolute atomic E-state index is 13.7. The van der Waals surface area contributed by atoms with Gasteiger partial charge < -0.3 is 14.0 Å². The highest BCUT2D eigenvalue weighted by molar-refractivity contribution is 6.16. The molecule has 0 saturated heterocycles. The molecule has 0 spiro atoms. The van der Waals surface area contributed by atoms with Crippen molar-refractivity contribution in [2.45, 2.75) is 25.3 Å². The third-order valence-electron chi connectivity index (χ3n) is 7.30. The Labute approximate surface area is 221 Å². The number of methoxy groups -OCH3 is 1. The first-order valence-electron chi connectivity index (χ1n) is 12.8. The molecule has 0 saturated carbocycles. The first-order chi connectivity index (χ1) is 18.6. The van der Waals surface area contributed by atoms with Crippen LogP contribution in [0.3, 0.4) is 0 Å². The van der Waals surface area contributed by atoms with Crippen LogP contribution in [0.25, 0.3) is 10.9 Å². The number of Topliss-reactive ketones (excluding diaryl/α,β-unsaturated/α-hetero) is 1. The van der Waals surface area contributed by atoms with Crippen LogP contribution in [0, 0.1) is 0 Å². The fraction of sp³-hybridized carbons (Fsp3) is 0.152. The summed E-state index contributed by atoms with van der Waals surface area (Å²) in [4.78, 5) is 26.5. The van der Waals surface area contributed by atoms with Crippen molar-refractivity contribution in [2.24, 2.45) is 0 Å². The Balaban J connectivity index is 1.51. The Kier molecular flexibility index (Phi) is 6.26. The number of ketones is 1. The largest absolute Gasteiger partial charge is 0.465 e. The van der Waals surface area contributed by atoms with Gasteiger partial charge in [-0.1, -0.05) is 72.8 Å². The fourth-order valence-electron chi connectivity index (χ4n) is 5.54. The minimum Gasteiger partial charge on any atom is -0.465 e. The van der Waals surface area contributed by atoms with Gasteiger partial charge in [-0.3, -0.25) is 4.79 Å². The lowest BCUT2D eigenvalue weighted by molar-refractivity contribution is 0.0603. The second kappa shape index (κ2) is 10.0. The zero-order chi connectivity index (χ0) is 26.1. The predicted molar refractivity (Wildman–Crippen MR) is 147 cm³/mol. The Morgan fingerprint density at radius 1 is 0.842 bits per heavy atom. The number of nitrogens with zero attached hydrogens (tertiary/aromatic N) is 1. The highest BCUT2D eigenvalue weighted by atomic mass is 16.5. The number of aromatic nitrogens is 1. The van der Waals surface area contributed by atoms with E-state index in [0.717, 1.165) is 33.8 Å². The zero-order valence-electron chi connectivity index (χ0n) is 21.1. The molecule has 1 atom stereocenters. The van der Waals surface area contributed by atoms with E-state index in [1.807, 2.05) is 84.9 Å². The molecule has 1 aliphatic rings. The highest BCUT2D eigenvalue weighted by Gasteiger charge is 2.34. The van der Waals surface area contributed by atoms with Crippen LogP contribution in [0.1, 0.15) is 49.9 Å². The monoisotopic (exact) mass is 501 g/mol. The van der Waals surface area contributed by atoms with Crippen LogP contribution in [0.15, 0.2) is 103 Å². The molecular weight excluding hydrogens is 474 g/mol. The average molecular weight is 502 g/mol. The lowest BCUT2D eigenvalue weighted by Gasteiger charge is -2.24. The van der Waals surface area contributed by atoms with Crippen LogP contribution in [0.4, 0.5) is 0 Å². The van der Waals surface area contributed by atoms with Gasteiger partial charge in [-0.05, 0) is 48.2 Å². The summed E-state index contributed by atoms with van der Waals surface area (Å²) in [7, 11) is 1.37. The number of ether oxygens (including phenoxy) is 2. The molecule has 0 radical (unpaired) electrons.